The summed E-state index contributed by atoms with van der Waals surface area (Å²) in [5.74, 6) is -1.70. The second-order valence-electron chi connectivity index (χ2n) is 4.15. The lowest BCUT2D eigenvalue weighted by Gasteiger charge is -2.06. The van der Waals surface area contributed by atoms with E-state index in [-0.39, 0.29) is 5.82 Å². The predicted molar refractivity (Wildman–Crippen MR) is 81.4 cm³/mol. The molecule has 9 heteroatoms. The first kappa shape index (κ1) is 16.0. The number of anilines is 1. The maximum absolute atomic E-state index is 11.6. The third kappa shape index (κ3) is 3.63. The van der Waals surface area contributed by atoms with E-state index in [1.54, 1.807) is 24.3 Å². The molecule has 0 aliphatic carbocycles. The Morgan fingerprint density at radius 3 is 2.36 bits per heavy atom. The number of benzene rings is 1. The summed E-state index contributed by atoms with van der Waals surface area (Å²) in [7, 11) is 0. The third-order valence-corrected chi connectivity index (χ3v) is 3.05. The highest BCUT2D eigenvalue weighted by Crippen LogP contribution is 2.18. The molecule has 0 fully saturated rings. The number of aromatic amines is 1. The van der Waals surface area contributed by atoms with Crippen molar-refractivity contribution in [3.05, 3.63) is 46.4 Å². The number of H-pyrrole nitrogens is 1. The SMILES string of the molecule is O=C(O)c1cnc(-c2ccc(NC(=O)C(Cl)Cl)cc2)[nH]c1=O. The quantitative estimate of drug-likeness (QED) is 0.735. The maximum Gasteiger partial charge on any atom is 0.342 e. The normalized spacial score (nSPS) is 10.5. The van der Waals surface area contributed by atoms with Crippen LogP contribution < -0.4 is 10.9 Å². The van der Waals surface area contributed by atoms with Gasteiger partial charge in [-0.15, -0.1) is 0 Å². The number of nitrogens with one attached hydrogen (secondary N) is 2. The molecule has 7 nitrogen and oxygen atoms in total. The summed E-state index contributed by atoms with van der Waals surface area (Å²) in [6, 6.07) is 6.31. The van der Waals surface area contributed by atoms with Crippen molar-refractivity contribution in [2.75, 3.05) is 5.32 Å². The zero-order valence-electron chi connectivity index (χ0n) is 10.8. The molecule has 0 spiro atoms. The van der Waals surface area contributed by atoms with E-state index in [2.05, 4.69) is 15.3 Å². The molecule has 1 aromatic carbocycles. The molecule has 0 saturated heterocycles. The van der Waals surface area contributed by atoms with Crippen LogP contribution in [-0.4, -0.2) is 31.8 Å². The van der Waals surface area contributed by atoms with Crippen LogP contribution in [0.25, 0.3) is 11.4 Å². The zero-order valence-corrected chi connectivity index (χ0v) is 12.4. The van der Waals surface area contributed by atoms with Crippen molar-refractivity contribution in [1.29, 1.82) is 0 Å². The van der Waals surface area contributed by atoms with E-state index in [0.29, 0.717) is 11.3 Å². The number of halogens is 2. The van der Waals surface area contributed by atoms with Gasteiger partial charge in [-0.05, 0) is 24.3 Å². The van der Waals surface area contributed by atoms with Crippen LogP contribution in [-0.2, 0) is 4.79 Å². The van der Waals surface area contributed by atoms with Crippen molar-refractivity contribution in [3.8, 4) is 11.4 Å². The van der Waals surface area contributed by atoms with Crippen LogP contribution in [0.1, 0.15) is 10.4 Å². The van der Waals surface area contributed by atoms with Crippen molar-refractivity contribution < 1.29 is 14.7 Å². The molecule has 22 heavy (non-hydrogen) atoms. The fourth-order valence-electron chi connectivity index (χ4n) is 1.60. The van der Waals surface area contributed by atoms with Crippen LogP contribution in [0.2, 0.25) is 0 Å². The maximum atomic E-state index is 11.6. The van der Waals surface area contributed by atoms with Crippen LogP contribution in [0.4, 0.5) is 5.69 Å². The minimum atomic E-state index is -1.35. The van der Waals surface area contributed by atoms with Gasteiger partial charge in [0, 0.05) is 17.4 Å². The minimum Gasteiger partial charge on any atom is -0.477 e. The molecule has 2 aromatic rings. The van der Waals surface area contributed by atoms with Crippen molar-refractivity contribution in [2.45, 2.75) is 4.84 Å². The fraction of sp³-hybridized carbons (Fsp3) is 0.0769. The second-order valence-corrected chi connectivity index (χ2v) is 5.24. The number of alkyl halides is 2. The van der Waals surface area contributed by atoms with E-state index in [4.69, 9.17) is 28.3 Å². The summed E-state index contributed by atoms with van der Waals surface area (Å²) < 4.78 is 0. The van der Waals surface area contributed by atoms with Gasteiger partial charge in [0.15, 0.2) is 4.84 Å². The van der Waals surface area contributed by atoms with Gasteiger partial charge in [0.1, 0.15) is 11.4 Å². The largest absolute Gasteiger partial charge is 0.477 e. The smallest absolute Gasteiger partial charge is 0.342 e. The standard InChI is InChI=1S/C13H9Cl2N3O4/c14-9(15)12(20)17-7-3-1-6(2-4-7)10-16-5-8(13(21)22)11(19)18-10/h1-5,9H,(H,17,20)(H,21,22)(H,16,18,19). The predicted octanol–water partition coefficient (Wildman–Crippen LogP) is 1.88. The van der Waals surface area contributed by atoms with Crippen molar-refractivity contribution in [3.63, 3.8) is 0 Å². The lowest BCUT2D eigenvalue weighted by Crippen LogP contribution is -2.19. The summed E-state index contributed by atoms with van der Waals surface area (Å²) in [5, 5.41) is 11.3. The van der Waals surface area contributed by atoms with Crippen LogP contribution in [0.15, 0.2) is 35.3 Å². The topological polar surface area (TPSA) is 112 Å². The molecule has 0 atom stereocenters. The highest BCUT2D eigenvalue weighted by atomic mass is 35.5. The molecular weight excluding hydrogens is 333 g/mol. The van der Waals surface area contributed by atoms with Gasteiger partial charge in [0.05, 0.1) is 0 Å². The van der Waals surface area contributed by atoms with Crippen molar-refractivity contribution in [1.82, 2.24) is 9.97 Å². The van der Waals surface area contributed by atoms with E-state index in [0.717, 1.165) is 6.20 Å². The number of carbonyl (C=O) groups is 2. The molecule has 2 rings (SSSR count). The first-order valence-corrected chi connectivity index (χ1v) is 6.78. The number of aromatic carboxylic acids is 1. The summed E-state index contributed by atoms with van der Waals surface area (Å²) in [6.07, 6.45) is 0.984. The Kier molecular flexibility index (Phi) is 4.79. The van der Waals surface area contributed by atoms with E-state index in [9.17, 15) is 14.4 Å². The van der Waals surface area contributed by atoms with Crippen molar-refractivity contribution in [2.24, 2.45) is 0 Å². The van der Waals surface area contributed by atoms with E-state index < -0.39 is 27.8 Å². The van der Waals surface area contributed by atoms with E-state index in [1.165, 1.54) is 0 Å². The number of hydrogen-bond donors (Lipinski definition) is 3. The molecule has 0 bridgehead atoms. The number of carboxylic acids is 1. The lowest BCUT2D eigenvalue weighted by molar-refractivity contribution is -0.114. The summed E-state index contributed by atoms with van der Waals surface area (Å²) in [4.78, 5) is 38.7. The van der Waals surface area contributed by atoms with Gasteiger partial charge in [-0.25, -0.2) is 9.78 Å². The Bertz CT molecular complexity index is 772. The Morgan fingerprint density at radius 1 is 1.23 bits per heavy atom. The highest BCUT2D eigenvalue weighted by molar-refractivity contribution is 6.54. The van der Waals surface area contributed by atoms with Gasteiger partial charge in [-0.1, -0.05) is 23.2 Å². The molecule has 0 unspecified atom stereocenters. The van der Waals surface area contributed by atoms with Gasteiger partial charge < -0.3 is 15.4 Å². The third-order valence-electron chi connectivity index (χ3n) is 2.65. The molecule has 1 amide bonds. The molecular formula is C13H9Cl2N3O4. The van der Waals surface area contributed by atoms with Crippen molar-refractivity contribution >= 4 is 40.8 Å². The average Bonchev–Trinajstić information content (AvgIpc) is 2.47. The summed E-state index contributed by atoms with van der Waals surface area (Å²) in [5.41, 5.74) is -0.185. The Balaban J connectivity index is 2.24. The number of carboxylic acid groups (broad SMARTS) is 1. The lowest BCUT2D eigenvalue weighted by atomic mass is 10.2. The molecule has 0 saturated carbocycles. The first-order chi connectivity index (χ1) is 10.4. The van der Waals surface area contributed by atoms with Crippen LogP contribution in [0, 0.1) is 0 Å². The summed E-state index contributed by atoms with van der Waals surface area (Å²) >= 11 is 10.8. The number of aromatic nitrogens is 2. The Morgan fingerprint density at radius 2 is 1.86 bits per heavy atom. The number of amides is 1. The number of rotatable bonds is 4. The fourth-order valence-corrected chi connectivity index (χ4v) is 1.71. The van der Waals surface area contributed by atoms with Crippen LogP contribution in [0.5, 0.6) is 0 Å². The van der Waals surface area contributed by atoms with Gasteiger partial charge in [0.2, 0.25) is 0 Å². The van der Waals surface area contributed by atoms with Gasteiger partial charge in [-0.3, -0.25) is 9.59 Å². The molecule has 3 N–H and O–H groups in total. The van der Waals surface area contributed by atoms with E-state index in [1.807, 2.05) is 0 Å². The Labute approximate surface area is 133 Å². The molecule has 0 radical (unpaired) electrons. The summed E-state index contributed by atoms with van der Waals surface area (Å²) in [6.45, 7) is 0. The first-order valence-electron chi connectivity index (χ1n) is 5.90. The van der Waals surface area contributed by atoms with Crippen LogP contribution >= 0.6 is 23.2 Å². The molecule has 1 heterocycles. The monoisotopic (exact) mass is 341 g/mol. The van der Waals surface area contributed by atoms with E-state index >= 15 is 0 Å². The zero-order chi connectivity index (χ0) is 16.3. The number of nitrogens with zero attached hydrogens (tertiary/aromatic N) is 1. The highest BCUT2D eigenvalue weighted by Gasteiger charge is 2.12. The average molecular weight is 342 g/mol. The molecule has 0 aliphatic rings. The molecule has 0 aliphatic heterocycles. The molecule has 1 aromatic heterocycles. The number of hydrogen-bond acceptors (Lipinski definition) is 4. The minimum absolute atomic E-state index is 0.209. The van der Waals surface area contributed by atoms with Gasteiger partial charge in [-0.2, -0.15) is 0 Å². The van der Waals surface area contributed by atoms with Crippen LogP contribution in [0.3, 0.4) is 0 Å². The second kappa shape index (κ2) is 6.59. The molecule has 114 valence electrons. The Hall–Kier alpha value is -2.38. The van der Waals surface area contributed by atoms with Gasteiger partial charge >= 0.3 is 5.97 Å². The number of carbonyl (C=O) groups excluding carboxylic acids is 1. The van der Waals surface area contributed by atoms with Gasteiger partial charge in [0.25, 0.3) is 11.5 Å².